The Hall–Kier alpha value is -1.80. The van der Waals surface area contributed by atoms with E-state index in [0.717, 1.165) is 11.1 Å². The molecule has 2 aromatic rings. The third-order valence-electron chi connectivity index (χ3n) is 2.65. The van der Waals surface area contributed by atoms with Gasteiger partial charge in [-0.2, -0.15) is 0 Å². The van der Waals surface area contributed by atoms with E-state index in [1.54, 1.807) is 12.1 Å². The molecule has 0 fully saturated rings. The van der Waals surface area contributed by atoms with Crippen molar-refractivity contribution in [3.8, 4) is 11.1 Å². The van der Waals surface area contributed by atoms with Crippen LogP contribution in [0.3, 0.4) is 0 Å². The van der Waals surface area contributed by atoms with E-state index in [0.29, 0.717) is 10.6 Å². The largest absolute Gasteiger partial charge is 0.478 e. The first-order valence-corrected chi connectivity index (χ1v) is 5.56. The third kappa shape index (κ3) is 2.32. The molecule has 0 spiro atoms. The average molecular weight is 247 g/mol. The summed E-state index contributed by atoms with van der Waals surface area (Å²) in [5.41, 5.74) is 2.88. The molecule has 3 heteroatoms. The van der Waals surface area contributed by atoms with Crippen molar-refractivity contribution >= 4 is 17.6 Å². The molecular weight excluding hydrogens is 236 g/mol. The highest BCUT2D eigenvalue weighted by Gasteiger charge is 2.13. The number of carbonyl (C=O) groups is 1. The number of carboxylic acids is 1. The van der Waals surface area contributed by atoms with Gasteiger partial charge in [-0.3, -0.25) is 0 Å². The van der Waals surface area contributed by atoms with Crippen LogP contribution in [-0.2, 0) is 0 Å². The van der Waals surface area contributed by atoms with E-state index >= 15 is 0 Å². The SMILES string of the molecule is Cc1ccccc1-c1ccc(Cl)cc1C(=O)O. The molecule has 2 rings (SSSR count). The topological polar surface area (TPSA) is 37.3 Å². The van der Waals surface area contributed by atoms with Gasteiger partial charge in [0.25, 0.3) is 0 Å². The Balaban J connectivity index is 2.68. The van der Waals surface area contributed by atoms with Gasteiger partial charge in [-0.05, 0) is 35.7 Å². The zero-order chi connectivity index (χ0) is 12.4. The van der Waals surface area contributed by atoms with Gasteiger partial charge in [-0.1, -0.05) is 41.9 Å². The molecule has 0 aliphatic heterocycles. The summed E-state index contributed by atoms with van der Waals surface area (Å²) in [5.74, 6) is -0.967. The number of halogens is 1. The van der Waals surface area contributed by atoms with Gasteiger partial charge in [0.05, 0.1) is 5.56 Å². The maximum absolute atomic E-state index is 11.2. The van der Waals surface area contributed by atoms with E-state index < -0.39 is 5.97 Å². The van der Waals surface area contributed by atoms with Crippen LogP contribution < -0.4 is 0 Å². The van der Waals surface area contributed by atoms with Crippen molar-refractivity contribution in [1.82, 2.24) is 0 Å². The lowest BCUT2D eigenvalue weighted by Gasteiger charge is -2.09. The van der Waals surface area contributed by atoms with Crippen molar-refractivity contribution in [3.05, 3.63) is 58.6 Å². The predicted molar refractivity (Wildman–Crippen MR) is 68.6 cm³/mol. The van der Waals surface area contributed by atoms with Gasteiger partial charge in [-0.15, -0.1) is 0 Å². The number of aryl methyl sites for hydroxylation is 1. The van der Waals surface area contributed by atoms with E-state index in [4.69, 9.17) is 11.6 Å². The Labute approximate surface area is 104 Å². The summed E-state index contributed by atoms with van der Waals surface area (Å²) < 4.78 is 0. The number of benzene rings is 2. The van der Waals surface area contributed by atoms with Gasteiger partial charge in [0, 0.05) is 5.02 Å². The van der Waals surface area contributed by atoms with Crippen molar-refractivity contribution < 1.29 is 9.90 Å². The predicted octanol–water partition coefficient (Wildman–Crippen LogP) is 4.01. The summed E-state index contributed by atoms with van der Waals surface area (Å²) in [4.78, 5) is 11.2. The van der Waals surface area contributed by atoms with Gasteiger partial charge in [-0.25, -0.2) is 4.79 Å². The lowest BCUT2D eigenvalue weighted by molar-refractivity contribution is 0.0697. The standard InChI is InChI=1S/C14H11ClO2/c1-9-4-2-3-5-11(9)12-7-6-10(15)8-13(12)14(16)17/h2-8H,1H3,(H,16,17). The molecule has 2 nitrogen and oxygen atoms in total. The molecule has 0 aliphatic carbocycles. The highest BCUT2D eigenvalue weighted by Crippen LogP contribution is 2.28. The van der Waals surface area contributed by atoms with E-state index in [9.17, 15) is 9.90 Å². The lowest BCUT2D eigenvalue weighted by atomic mass is 9.96. The van der Waals surface area contributed by atoms with Crippen molar-refractivity contribution in [2.24, 2.45) is 0 Å². The van der Waals surface area contributed by atoms with Gasteiger partial charge < -0.3 is 5.11 Å². The highest BCUT2D eigenvalue weighted by atomic mass is 35.5. The molecule has 0 aromatic heterocycles. The minimum absolute atomic E-state index is 0.229. The molecule has 2 aromatic carbocycles. The zero-order valence-electron chi connectivity index (χ0n) is 9.27. The van der Waals surface area contributed by atoms with Crippen molar-refractivity contribution in [2.45, 2.75) is 6.92 Å². The molecule has 17 heavy (non-hydrogen) atoms. The van der Waals surface area contributed by atoms with Gasteiger partial charge in [0.15, 0.2) is 0 Å². The maximum Gasteiger partial charge on any atom is 0.336 e. The summed E-state index contributed by atoms with van der Waals surface area (Å²) in [6.07, 6.45) is 0. The van der Waals surface area contributed by atoms with E-state index in [1.807, 2.05) is 31.2 Å². The lowest BCUT2D eigenvalue weighted by Crippen LogP contribution is -2.00. The normalized spacial score (nSPS) is 10.2. The van der Waals surface area contributed by atoms with Gasteiger partial charge >= 0.3 is 5.97 Å². The number of carboxylic acid groups (broad SMARTS) is 1. The Bertz CT molecular complexity index is 576. The molecule has 0 saturated heterocycles. The second-order valence-electron chi connectivity index (χ2n) is 3.81. The van der Waals surface area contributed by atoms with E-state index in [1.165, 1.54) is 6.07 Å². The smallest absolute Gasteiger partial charge is 0.336 e. The van der Waals surface area contributed by atoms with Crippen LogP contribution in [-0.4, -0.2) is 11.1 Å². The Morgan fingerprint density at radius 1 is 1.12 bits per heavy atom. The van der Waals surface area contributed by atoms with Crippen LogP contribution in [0.4, 0.5) is 0 Å². The first kappa shape index (κ1) is 11.7. The fourth-order valence-corrected chi connectivity index (χ4v) is 1.98. The van der Waals surface area contributed by atoms with Crippen LogP contribution in [0.5, 0.6) is 0 Å². The van der Waals surface area contributed by atoms with Crippen LogP contribution in [0.15, 0.2) is 42.5 Å². The van der Waals surface area contributed by atoms with Crippen LogP contribution in [0.25, 0.3) is 11.1 Å². The fourth-order valence-electron chi connectivity index (χ4n) is 1.80. The van der Waals surface area contributed by atoms with E-state index in [2.05, 4.69) is 0 Å². The van der Waals surface area contributed by atoms with E-state index in [-0.39, 0.29) is 5.56 Å². The molecule has 0 amide bonds. The monoisotopic (exact) mass is 246 g/mol. The van der Waals surface area contributed by atoms with Crippen LogP contribution in [0.1, 0.15) is 15.9 Å². The highest BCUT2D eigenvalue weighted by molar-refractivity contribution is 6.31. The van der Waals surface area contributed by atoms with Crippen LogP contribution >= 0.6 is 11.6 Å². The summed E-state index contributed by atoms with van der Waals surface area (Å²) in [7, 11) is 0. The Morgan fingerprint density at radius 2 is 1.82 bits per heavy atom. The quantitative estimate of drug-likeness (QED) is 0.869. The summed E-state index contributed by atoms with van der Waals surface area (Å²) >= 11 is 5.82. The third-order valence-corrected chi connectivity index (χ3v) is 2.88. The minimum Gasteiger partial charge on any atom is -0.478 e. The van der Waals surface area contributed by atoms with Crippen LogP contribution in [0.2, 0.25) is 5.02 Å². The average Bonchev–Trinajstić information content (AvgIpc) is 2.30. The Morgan fingerprint density at radius 3 is 2.47 bits per heavy atom. The first-order chi connectivity index (χ1) is 8.09. The number of hydrogen-bond acceptors (Lipinski definition) is 1. The molecular formula is C14H11ClO2. The molecule has 0 heterocycles. The molecule has 0 aliphatic rings. The summed E-state index contributed by atoms with van der Waals surface area (Å²) in [6, 6.07) is 12.6. The van der Waals surface area contributed by atoms with Crippen LogP contribution in [0, 0.1) is 6.92 Å². The number of hydrogen-bond donors (Lipinski definition) is 1. The summed E-state index contributed by atoms with van der Waals surface area (Å²) in [6.45, 7) is 1.95. The van der Waals surface area contributed by atoms with Crippen molar-refractivity contribution in [3.63, 3.8) is 0 Å². The molecule has 0 radical (unpaired) electrons. The van der Waals surface area contributed by atoms with Crippen molar-refractivity contribution in [1.29, 1.82) is 0 Å². The van der Waals surface area contributed by atoms with Gasteiger partial charge in [0.2, 0.25) is 0 Å². The van der Waals surface area contributed by atoms with Gasteiger partial charge in [0.1, 0.15) is 0 Å². The molecule has 86 valence electrons. The molecule has 0 atom stereocenters. The van der Waals surface area contributed by atoms with Crippen molar-refractivity contribution in [2.75, 3.05) is 0 Å². The number of rotatable bonds is 2. The zero-order valence-corrected chi connectivity index (χ0v) is 10.0. The Kier molecular flexibility index (Phi) is 3.16. The molecule has 0 saturated carbocycles. The first-order valence-electron chi connectivity index (χ1n) is 5.18. The minimum atomic E-state index is -0.967. The summed E-state index contributed by atoms with van der Waals surface area (Å²) in [5, 5.41) is 9.61. The second kappa shape index (κ2) is 4.60. The fraction of sp³-hybridized carbons (Fsp3) is 0.0714. The molecule has 1 N–H and O–H groups in total. The molecule has 0 bridgehead atoms. The number of aromatic carboxylic acids is 1. The molecule has 0 unspecified atom stereocenters. The maximum atomic E-state index is 11.2. The second-order valence-corrected chi connectivity index (χ2v) is 4.25.